The molecule has 2 aromatic rings. The summed E-state index contributed by atoms with van der Waals surface area (Å²) in [7, 11) is 1.65. The Bertz CT molecular complexity index is 550. The number of rotatable bonds is 3. The quantitative estimate of drug-likeness (QED) is 0.921. The minimum Gasteiger partial charge on any atom is -0.497 e. The molecule has 0 atom stereocenters. The lowest BCUT2D eigenvalue weighted by Crippen LogP contribution is -2.10. The molecule has 0 radical (unpaired) electrons. The summed E-state index contributed by atoms with van der Waals surface area (Å²) >= 11 is 0. The molecule has 0 fully saturated rings. The molecule has 102 valence electrons. The fourth-order valence-electron chi connectivity index (χ4n) is 2.01. The van der Waals surface area contributed by atoms with Gasteiger partial charge < -0.3 is 10.5 Å². The SMILES string of the molecule is COc1ccc(-n2nc(CC(C)(C)C)cc2N)cc1. The molecule has 0 bridgehead atoms. The summed E-state index contributed by atoms with van der Waals surface area (Å²) in [4.78, 5) is 0. The first-order valence-electron chi connectivity index (χ1n) is 6.38. The molecule has 19 heavy (non-hydrogen) atoms. The summed E-state index contributed by atoms with van der Waals surface area (Å²) in [6.07, 6.45) is 0.903. The van der Waals surface area contributed by atoms with Gasteiger partial charge in [-0.05, 0) is 36.1 Å². The normalized spacial score (nSPS) is 11.6. The van der Waals surface area contributed by atoms with Gasteiger partial charge in [0.15, 0.2) is 0 Å². The highest BCUT2D eigenvalue weighted by Gasteiger charge is 2.15. The van der Waals surface area contributed by atoms with E-state index < -0.39 is 0 Å². The van der Waals surface area contributed by atoms with Crippen LogP contribution < -0.4 is 10.5 Å². The van der Waals surface area contributed by atoms with Crippen molar-refractivity contribution < 1.29 is 4.74 Å². The predicted octanol–water partition coefficient (Wildman–Crippen LogP) is 3.05. The number of methoxy groups -OCH3 is 1. The lowest BCUT2D eigenvalue weighted by Gasteiger charge is -2.15. The van der Waals surface area contributed by atoms with Crippen molar-refractivity contribution in [3.8, 4) is 11.4 Å². The Labute approximate surface area is 114 Å². The second kappa shape index (κ2) is 4.96. The number of hydrogen-bond donors (Lipinski definition) is 1. The van der Waals surface area contributed by atoms with Crippen molar-refractivity contribution in [2.24, 2.45) is 5.41 Å². The van der Waals surface area contributed by atoms with E-state index in [0.29, 0.717) is 5.82 Å². The molecule has 1 aromatic carbocycles. The molecule has 0 unspecified atom stereocenters. The molecule has 0 aliphatic carbocycles. The van der Waals surface area contributed by atoms with Gasteiger partial charge in [-0.3, -0.25) is 0 Å². The monoisotopic (exact) mass is 259 g/mol. The fraction of sp³-hybridized carbons (Fsp3) is 0.400. The second-order valence-electron chi connectivity index (χ2n) is 5.91. The summed E-state index contributed by atoms with van der Waals surface area (Å²) in [5.74, 6) is 1.48. The molecule has 0 saturated carbocycles. The van der Waals surface area contributed by atoms with E-state index in [2.05, 4.69) is 25.9 Å². The Kier molecular flexibility index (Phi) is 3.51. The summed E-state index contributed by atoms with van der Waals surface area (Å²) in [6.45, 7) is 6.57. The van der Waals surface area contributed by atoms with Gasteiger partial charge in [-0.25, -0.2) is 4.68 Å². The summed E-state index contributed by atoms with van der Waals surface area (Å²) in [6, 6.07) is 9.64. The van der Waals surface area contributed by atoms with E-state index in [4.69, 9.17) is 10.5 Å². The topological polar surface area (TPSA) is 53.1 Å². The van der Waals surface area contributed by atoms with Gasteiger partial charge in [0.2, 0.25) is 0 Å². The first-order valence-corrected chi connectivity index (χ1v) is 6.38. The number of nitrogens with two attached hydrogens (primary N) is 1. The highest BCUT2D eigenvalue weighted by Crippen LogP contribution is 2.23. The molecule has 0 spiro atoms. The zero-order chi connectivity index (χ0) is 14.0. The molecular weight excluding hydrogens is 238 g/mol. The van der Waals surface area contributed by atoms with Crippen LogP contribution in [0.3, 0.4) is 0 Å². The largest absolute Gasteiger partial charge is 0.497 e. The van der Waals surface area contributed by atoms with Gasteiger partial charge in [0, 0.05) is 6.07 Å². The Hall–Kier alpha value is -1.97. The molecule has 2 rings (SSSR count). The summed E-state index contributed by atoms with van der Waals surface area (Å²) in [5.41, 5.74) is 8.19. The van der Waals surface area contributed by atoms with Crippen LogP contribution in [0.4, 0.5) is 5.82 Å². The lowest BCUT2D eigenvalue weighted by molar-refractivity contribution is 0.405. The highest BCUT2D eigenvalue weighted by molar-refractivity contribution is 5.45. The first-order chi connectivity index (χ1) is 8.89. The van der Waals surface area contributed by atoms with Crippen LogP contribution in [0.1, 0.15) is 26.5 Å². The molecule has 4 heteroatoms. The second-order valence-corrected chi connectivity index (χ2v) is 5.91. The fourth-order valence-corrected chi connectivity index (χ4v) is 2.01. The van der Waals surface area contributed by atoms with Crippen molar-refractivity contribution in [1.82, 2.24) is 9.78 Å². The van der Waals surface area contributed by atoms with Crippen molar-refractivity contribution >= 4 is 5.82 Å². The van der Waals surface area contributed by atoms with E-state index in [9.17, 15) is 0 Å². The molecule has 1 heterocycles. The molecule has 0 aliphatic rings. The Morgan fingerprint density at radius 2 is 1.84 bits per heavy atom. The van der Waals surface area contributed by atoms with Crippen LogP contribution in [0.25, 0.3) is 5.69 Å². The van der Waals surface area contributed by atoms with Gasteiger partial charge in [0.25, 0.3) is 0 Å². The van der Waals surface area contributed by atoms with Crippen LogP contribution in [0, 0.1) is 5.41 Å². The van der Waals surface area contributed by atoms with Crippen molar-refractivity contribution in [2.45, 2.75) is 27.2 Å². The number of nitrogen functional groups attached to an aromatic ring is 1. The van der Waals surface area contributed by atoms with Crippen molar-refractivity contribution in [1.29, 1.82) is 0 Å². The number of aromatic nitrogens is 2. The Balaban J connectivity index is 2.29. The third-order valence-corrected chi connectivity index (χ3v) is 2.82. The van der Waals surface area contributed by atoms with Crippen LogP contribution in [0.5, 0.6) is 5.75 Å². The van der Waals surface area contributed by atoms with E-state index in [1.807, 2.05) is 30.3 Å². The smallest absolute Gasteiger partial charge is 0.127 e. The van der Waals surface area contributed by atoms with Gasteiger partial charge in [-0.15, -0.1) is 0 Å². The maximum Gasteiger partial charge on any atom is 0.127 e. The third kappa shape index (κ3) is 3.28. The maximum absolute atomic E-state index is 6.03. The van der Waals surface area contributed by atoms with Gasteiger partial charge in [0.1, 0.15) is 11.6 Å². The van der Waals surface area contributed by atoms with E-state index in [1.54, 1.807) is 11.8 Å². The molecule has 1 aromatic heterocycles. The molecule has 2 N–H and O–H groups in total. The van der Waals surface area contributed by atoms with Crippen LogP contribution >= 0.6 is 0 Å². The van der Waals surface area contributed by atoms with Crippen molar-refractivity contribution in [3.63, 3.8) is 0 Å². The van der Waals surface area contributed by atoms with Crippen molar-refractivity contribution in [3.05, 3.63) is 36.0 Å². The van der Waals surface area contributed by atoms with Crippen molar-refractivity contribution in [2.75, 3.05) is 12.8 Å². The minimum absolute atomic E-state index is 0.200. The summed E-state index contributed by atoms with van der Waals surface area (Å²) < 4.78 is 6.91. The van der Waals surface area contributed by atoms with Gasteiger partial charge in [0.05, 0.1) is 18.5 Å². The molecule has 0 amide bonds. The standard InChI is InChI=1S/C15H21N3O/c1-15(2,3)10-11-9-14(16)18(17-11)12-5-7-13(19-4)8-6-12/h5-9H,10,16H2,1-4H3. The number of nitrogens with zero attached hydrogens (tertiary/aromatic N) is 2. The summed E-state index contributed by atoms with van der Waals surface area (Å²) in [5, 5.41) is 4.57. The first kappa shape index (κ1) is 13.5. The Morgan fingerprint density at radius 1 is 1.21 bits per heavy atom. The van der Waals surface area contributed by atoms with E-state index in [-0.39, 0.29) is 5.41 Å². The van der Waals surface area contributed by atoms with E-state index in [0.717, 1.165) is 23.6 Å². The van der Waals surface area contributed by atoms with Gasteiger partial charge in [-0.1, -0.05) is 20.8 Å². The zero-order valence-electron chi connectivity index (χ0n) is 12.0. The molecular formula is C15H21N3O. The van der Waals surface area contributed by atoms with Crippen LogP contribution in [0.15, 0.2) is 30.3 Å². The minimum atomic E-state index is 0.200. The maximum atomic E-state index is 6.03. The van der Waals surface area contributed by atoms with Crippen LogP contribution in [0.2, 0.25) is 0 Å². The molecule has 0 saturated heterocycles. The predicted molar refractivity (Wildman–Crippen MR) is 77.7 cm³/mol. The van der Waals surface area contributed by atoms with E-state index >= 15 is 0 Å². The average Bonchev–Trinajstić information content (AvgIpc) is 2.68. The van der Waals surface area contributed by atoms with Gasteiger partial charge >= 0.3 is 0 Å². The number of benzene rings is 1. The average molecular weight is 259 g/mol. The van der Waals surface area contributed by atoms with Gasteiger partial charge in [-0.2, -0.15) is 5.10 Å². The van der Waals surface area contributed by atoms with E-state index in [1.165, 1.54) is 0 Å². The lowest BCUT2D eigenvalue weighted by atomic mass is 9.91. The number of ether oxygens (including phenoxy) is 1. The molecule has 0 aliphatic heterocycles. The van der Waals surface area contributed by atoms with Crippen LogP contribution in [-0.4, -0.2) is 16.9 Å². The third-order valence-electron chi connectivity index (χ3n) is 2.82. The van der Waals surface area contributed by atoms with Crippen LogP contribution in [-0.2, 0) is 6.42 Å². The zero-order valence-corrected chi connectivity index (χ0v) is 12.0. The number of anilines is 1. The number of hydrogen-bond acceptors (Lipinski definition) is 3. The highest BCUT2D eigenvalue weighted by atomic mass is 16.5. The Morgan fingerprint density at radius 3 is 2.37 bits per heavy atom. The molecule has 4 nitrogen and oxygen atoms in total.